The smallest absolute Gasteiger partial charge is 0.300 e. The van der Waals surface area contributed by atoms with Crippen LogP contribution >= 0.6 is 0 Å². The van der Waals surface area contributed by atoms with E-state index in [0.29, 0.717) is 18.5 Å². The summed E-state index contributed by atoms with van der Waals surface area (Å²) in [4.78, 5) is 33.1. The number of pyridine rings is 1. The number of aliphatic carboxylic acids is 1. The maximum atomic E-state index is 11.1. The molecule has 5 rings (SSSR count). The zero-order chi connectivity index (χ0) is 28.7. The van der Waals surface area contributed by atoms with E-state index in [2.05, 4.69) is 64.1 Å². The summed E-state index contributed by atoms with van der Waals surface area (Å²) in [6, 6.07) is 11.2. The second-order valence-electron chi connectivity index (χ2n) is 10.5. The molecule has 1 aromatic heterocycles. The Morgan fingerprint density at radius 2 is 2.12 bits per heavy atom. The van der Waals surface area contributed by atoms with E-state index in [0.717, 1.165) is 70.8 Å². The number of hydrogen-bond acceptors (Lipinski definition) is 7. The number of ether oxygens (including phenoxy) is 1. The molecule has 0 bridgehead atoms. The molecule has 4 heterocycles. The number of carbonyl (C=O) groups excluding carboxylic acids is 1. The Kier molecular flexibility index (Phi) is 12.8. The second kappa shape index (κ2) is 16.6. The van der Waals surface area contributed by atoms with Gasteiger partial charge in [0, 0.05) is 64.1 Å². The molecule has 3 aliphatic heterocycles. The number of aldehydes is 1. The largest absolute Gasteiger partial charge is 0.493 e. The van der Waals surface area contributed by atoms with Gasteiger partial charge in [-0.15, -0.1) is 0 Å². The van der Waals surface area contributed by atoms with E-state index in [4.69, 9.17) is 14.6 Å². The minimum absolute atomic E-state index is 0.480. The highest BCUT2D eigenvalue weighted by atomic mass is 16.5. The Hall–Kier alpha value is -3.52. The van der Waals surface area contributed by atoms with Crippen LogP contribution in [0.1, 0.15) is 69.4 Å². The molecule has 3 aliphatic rings. The molecule has 2 aromatic rings. The maximum absolute atomic E-state index is 11.1. The second-order valence-corrected chi connectivity index (χ2v) is 10.5. The monoisotopic (exact) mass is 548 g/mol. The first-order chi connectivity index (χ1) is 19.4. The van der Waals surface area contributed by atoms with E-state index in [9.17, 15) is 4.79 Å². The minimum atomic E-state index is -0.833. The SMILES string of the molecule is CC(=O)O.CCCCN(C)c1cccnc1.O=CCN1CC(c2ccc3c(c2)CCO3)CC1CCC1=NC=CC1. The first kappa shape index (κ1) is 31.0. The van der Waals surface area contributed by atoms with Crippen LogP contribution < -0.4 is 9.64 Å². The van der Waals surface area contributed by atoms with E-state index in [1.807, 2.05) is 18.5 Å². The predicted molar refractivity (Wildman–Crippen MR) is 161 cm³/mol. The lowest BCUT2D eigenvalue weighted by molar-refractivity contribution is -0.134. The van der Waals surface area contributed by atoms with Gasteiger partial charge in [-0.05, 0) is 60.9 Å². The average Bonchev–Trinajstić information content (AvgIpc) is 3.72. The number of carboxylic acids is 1. The standard InChI is InChI=1S/C20H24N2O2.C10H16N2.C2H4O2/c23-10-9-22-14-17(13-19(22)5-4-18-2-1-8-21-18)15-3-6-20-16(12-15)7-11-24-20;1-3-4-8-12(2)10-6-5-7-11-9-10;1-2(3)4/h1,3,6,8,10,12,17,19H,2,4-5,7,9,11,13-14H2;5-7,9H,3-4,8H2,1-2H3;1H3,(H,3,4). The summed E-state index contributed by atoms with van der Waals surface area (Å²) in [6.45, 7) is 6.73. The van der Waals surface area contributed by atoms with Crippen LogP contribution in [0.5, 0.6) is 5.75 Å². The first-order valence-corrected chi connectivity index (χ1v) is 14.4. The van der Waals surface area contributed by atoms with Gasteiger partial charge in [-0.25, -0.2) is 0 Å². The normalized spacial score (nSPS) is 18.9. The van der Waals surface area contributed by atoms with Gasteiger partial charge < -0.3 is 19.5 Å². The highest BCUT2D eigenvalue weighted by Gasteiger charge is 2.33. The molecular weight excluding hydrogens is 504 g/mol. The highest BCUT2D eigenvalue weighted by molar-refractivity contribution is 5.88. The fourth-order valence-electron chi connectivity index (χ4n) is 5.31. The molecular formula is C32H44N4O4. The summed E-state index contributed by atoms with van der Waals surface area (Å²) in [5.41, 5.74) is 5.21. The lowest BCUT2D eigenvalue weighted by atomic mass is 9.93. The molecule has 0 spiro atoms. The Balaban J connectivity index is 0.000000231. The summed E-state index contributed by atoms with van der Waals surface area (Å²) >= 11 is 0. The number of aromatic nitrogens is 1. The van der Waals surface area contributed by atoms with Gasteiger partial charge in [0.05, 0.1) is 25.0 Å². The molecule has 0 amide bonds. The molecule has 1 aromatic carbocycles. The zero-order valence-corrected chi connectivity index (χ0v) is 24.2. The number of hydrogen-bond donors (Lipinski definition) is 1. The van der Waals surface area contributed by atoms with E-state index in [1.165, 1.54) is 35.4 Å². The summed E-state index contributed by atoms with van der Waals surface area (Å²) < 4.78 is 5.62. The lowest BCUT2D eigenvalue weighted by Crippen LogP contribution is -2.31. The van der Waals surface area contributed by atoms with E-state index < -0.39 is 5.97 Å². The van der Waals surface area contributed by atoms with Gasteiger partial charge in [0.25, 0.3) is 5.97 Å². The Morgan fingerprint density at radius 1 is 1.30 bits per heavy atom. The molecule has 2 atom stereocenters. The Labute approximate surface area is 238 Å². The molecule has 0 saturated carbocycles. The summed E-state index contributed by atoms with van der Waals surface area (Å²) in [5.74, 6) is 0.731. The summed E-state index contributed by atoms with van der Waals surface area (Å²) in [7, 11) is 2.10. The van der Waals surface area contributed by atoms with Crippen molar-refractivity contribution >= 4 is 23.7 Å². The quantitative estimate of drug-likeness (QED) is 0.390. The van der Waals surface area contributed by atoms with Crippen LogP contribution in [0.25, 0.3) is 0 Å². The fourth-order valence-corrected chi connectivity index (χ4v) is 5.31. The van der Waals surface area contributed by atoms with E-state index >= 15 is 0 Å². The predicted octanol–water partition coefficient (Wildman–Crippen LogP) is 5.53. The lowest BCUT2D eigenvalue weighted by Gasteiger charge is -2.21. The molecule has 2 unspecified atom stereocenters. The molecule has 0 radical (unpaired) electrons. The zero-order valence-electron chi connectivity index (χ0n) is 24.2. The van der Waals surface area contributed by atoms with Gasteiger partial charge in [-0.2, -0.15) is 0 Å². The number of anilines is 1. The third kappa shape index (κ3) is 9.90. The number of nitrogens with zero attached hydrogens (tertiary/aromatic N) is 4. The van der Waals surface area contributed by atoms with Crippen molar-refractivity contribution < 1.29 is 19.4 Å². The summed E-state index contributed by atoms with van der Waals surface area (Å²) in [5, 5.41) is 7.42. The van der Waals surface area contributed by atoms with Gasteiger partial charge in [0.2, 0.25) is 0 Å². The number of likely N-dealkylation sites (tertiary alicyclic amines) is 1. The number of fused-ring (bicyclic) bond motifs is 1. The molecule has 0 aliphatic carbocycles. The Bertz CT molecular complexity index is 1130. The molecule has 8 heteroatoms. The maximum Gasteiger partial charge on any atom is 0.300 e. The third-order valence-electron chi connectivity index (χ3n) is 7.44. The molecule has 40 heavy (non-hydrogen) atoms. The average molecular weight is 549 g/mol. The van der Waals surface area contributed by atoms with Crippen LogP contribution in [0.2, 0.25) is 0 Å². The third-order valence-corrected chi connectivity index (χ3v) is 7.44. The van der Waals surface area contributed by atoms with Crippen LogP contribution in [-0.4, -0.2) is 72.3 Å². The van der Waals surface area contributed by atoms with Crippen LogP contribution in [-0.2, 0) is 16.0 Å². The fraction of sp³-hybridized carbons (Fsp3) is 0.500. The van der Waals surface area contributed by atoms with Gasteiger partial charge in [-0.3, -0.25) is 19.7 Å². The van der Waals surface area contributed by atoms with Crippen molar-refractivity contribution in [1.29, 1.82) is 0 Å². The van der Waals surface area contributed by atoms with Crippen molar-refractivity contribution in [2.75, 3.05) is 38.2 Å². The van der Waals surface area contributed by atoms with Crippen molar-refractivity contribution in [2.45, 2.75) is 70.8 Å². The number of carbonyl (C=O) groups is 2. The minimum Gasteiger partial charge on any atom is -0.493 e. The summed E-state index contributed by atoms with van der Waals surface area (Å²) in [6.07, 6.45) is 16.5. The van der Waals surface area contributed by atoms with Crippen LogP contribution in [0.15, 0.2) is 60.0 Å². The number of unbranched alkanes of at least 4 members (excludes halogenated alkanes) is 1. The molecule has 1 saturated heterocycles. The topological polar surface area (TPSA) is 95.3 Å². The highest BCUT2D eigenvalue weighted by Crippen LogP contribution is 2.36. The number of carboxylic acid groups (broad SMARTS) is 1. The van der Waals surface area contributed by atoms with Crippen molar-refractivity contribution in [1.82, 2.24) is 9.88 Å². The van der Waals surface area contributed by atoms with Crippen LogP contribution in [0.3, 0.4) is 0 Å². The van der Waals surface area contributed by atoms with Gasteiger partial charge >= 0.3 is 0 Å². The van der Waals surface area contributed by atoms with E-state index in [1.54, 1.807) is 6.20 Å². The number of allylic oxidation sites excluding steroid dienone is 1. The van der Waals surface area contributed by atoms with Crippen LogP contribution in [0.4, 0.5) is 5.69 Å². The van der Waals surface area contributed by atoms with Crippen molar-refractivity contribution in [2.24, 2.45) is 4.99 Å². The van der Waals surface area contributed by atoms with E-state index in [-0.39, 0.29) is 0 Å². The number of benzene rings is 1. The van der Waals surface area contributed by atoms with Gasteiger partial charge in [0.15, 0.2) is 0 Å². The van der Waals surface area contributed by atoms with Gasteiger partial charge in [-0.1, -0.05) is 31.6 Å². The molecule has 8 nitrogen and oxygen atoms in total. The number of aliphatic imine (C=N–C) groups is 1. The van der Waals surface area contributed by atoms with Crippen molar-refractivity contribution in [3.05, 3.63) is 66.1 Å². The van der Waals surface area contributed by atoms with Crippen molar-refractivity contribution in [3.8, 4) is 5.75 Å². The molecule has 216 valence electrons. The number of rotatable bonds is 10. The molecule has 1 N–H and O–H groups in total. The van der Waals surface area contributed by atoms with Crippen LogP contribution in [0, 0.1) is 0 Å². The Morgan fingerprint density at radius 3 is 2.80 bits per heavy atom. The van der Waals surface area contributed by atoms with Crippen molar-refractivity contribution in [3.63, 3.8) is 0 Å². The molecule has 1 fully saturated rings. The first-order valence-electron chi connectivity index (χ1n) is 14.4. The van der Waals surface area contributed by atoms with Gasteiger partial charge in [0.1, 0.15) is 12.0 Å².